The van der Waals surface area contributed by atoms with Gasteiger partial charge in [-0.2, -0.15) is 0 Å². The SMILES string of the molecule is CCc1ccc(C2CC(=O)NCC2NC(=O)Nc2ccc(Cl)cc2)cc1. The van der Waals surface area contributed by atoms with E-state index >= 15 is 0 Å². The van der Waals surface area contributed by atoms with E-state index in [1.807, 2.05) is 12.1 Å². The Bertz CT molecular complexity index is 775. The zero-order valence-corrected chi connectivity index (χ0v) is 15.3. The van der Waals surface area contributed by atoms with Gasteiger partial charge in [0.25, 0.3) is 0 Å². The molecule has 3 N–H and O–H groups in total. The second-order valence-corrected chi connectivity index (χ2v) is 6.86. The second kappa shape index (κ2) is 8.23. The van der Waals surface area contributed by atoms with Crippen molar-refractivity contribution in [2.75, 3.05) is 11.9 Å². The molecule has 2 atom stereocenters. The van der Waals surface area contributed by atoms with Crippen molar-refractivity contribution in [1.29, 1.82) is 0 Å². The molecule has 0 aliphatic carbocycles. The van der Waals surface area contributed by atoms with Gasteiger partial charge in [-0.1, -0.05) is 42.8 Å². The monoisotopic (exact) mass is 371 g/mol. The smallest absolute Gasteiger partial charge is 0.319 e. The Morgan fingerprint density at radius 1 is 1.15 bits per heavy atom. The number of anilines is 1. The van der Waals surface area contributed by atoms with Crippen molar-refractivity contribution >= 4 is 29.2 Å². The fourth-order valence-electron chi connectivity index (χ4n) is 3.15. The van der Waals surface area contributed by atoms with Gasteiger partial charge in [0.05, 0.1) is 6.04 Å². The van der Waals surface area contributed by atoms with Gasteiger partial charge < -0.3 is 16.0 Å². The molecule has 6 heteroatoms. The van der Waals surface area contributed by atoms with Crippen molar-refractivity contribution in [1.82, 2.24) is 10.6 Å². The first kappa shape index (κ1) is 18.3. The number of hydrogen-bond donors (Lipinski definition) is 3. The first-order valence-corrected chi connectivity index (χ1v) is 9.11. The van der Waals surface area contributed by atoms with Crippen LogP contribution in [0.15, 0.2) is 48.5 Å². The van der Waals surface area contributed by atoms with Gasteiger partial charge in [-0.3, -0.25) is 4.79 Å². The summed E-state index contributed by atoms with van der Waals surface area (Å²) in [4.78, 5) is 24.2. The number of rotatable bonds is 4. The normalized spacial score (nSPS) is 19.5. The molecule has 0 spiro atoms. The molecule has 1 aliphatic rings. The number of piperidine rings is 1. The second-order valence-electron chi connectivity index (χ2n) is 6.42. The summed E-state index contributed by atoms with van der Waals surface area (Å²) in [6.45, 7) is 2.52. The maximum atomic E-state index is 12.4. The minimum atomic E-state index is -0.302. The highest BCUT2D eigenvalue weighted by Gasteiger charge is 2.31. The van der Waals surface area contributed by atoms with Crippen LogP contribution in [0.2, 0.25) is 5.02 Å². The number of amides is 3. The maximum Gasteiger partial charge on any atom is 0.319 e. The van der Waals surface area contributed by atoms with Gasteiger partial charge in [0.2, 0.25) is 5.91 Å². The summed E-state index contributed by atoms with van der Waals surface area (Å²) in [5, 5.41) is 9.22. The zero-order valence-electron chi connectivity index (χ0n) is 14.6. The predicted octanol–water partition coefficient (Wildman–Crippen LogP) is 3.70. The van der Waals surface area contributed by atoms with Crippen molar-refractivity contribution in [3.8, 4) is 0 Å². The quantitative estimate of drug-likeness (QED) is 0.767. The summed E-state index contributed by atoms with van der Waals surface area (Å²) in [7, 11) is 0. The summed E-state index contributed by atoms with van der Waals surface area (Å²) >= 11 is 5.86. The molecule has 2 unspecified atom stereocenters. The third-order valence-corrected chi connectivity index (χ3v) is 4.90. The molecule has 1 fully saturated rings. The molecule has 2 aromatic rings. The van der Waals surface area contributed by atoms with Crippen LogP contribution in [0.5, 0.6) is 0 Å². The molecule has 1 aliphatic heterocycles. The standard InChI is InChI=1S/C20H22ClN3O2/c1-2-13-3-5-14(6-4-13)17-11-19(25)22-12-18(17)24-20(26)23-16-9-7-15(21)8-10-16/h3-10,17-18H,2,11-12H2,1H3,(H,22,25)(H2,23,24,26). The average Bonchev–Trinajstić information content (AvgIpc) is 2.65. The Labute approximate surface area is 158 Å². The number of hydrogen-bond acceptors (Lipinski definition) is 2. The molecule has 3 rings (SSSR count). The summed E-state index contributed by atoms with van der Waals surface area (Å²) in [6, 6.07) is 14.7. The number of aryl methyl sites for hydroxylation is 1. The number of carbonyl (C=O) groups excluding carboxylic acids is 2. The van der Waals surface area contributed by atoms with Gasteiger partial charge in [-0.25, -0.2) is 4.79 Å². The molecule has 26 heavy (non-hydrogen) atoms. The van der Waals surface area contributed by atoms with E-state index < -0.39 is 0 Å². The summed E-state index contributed by atoms with van der Waals surface area (Å²) < 4.78 is 0. The number of carbonyl (C=O) groups is 2. The molecule has 2 aromatic carbocycles. The molecule has 5 nitrogen and oxygen atoms in total. The summed E-state index contributed by atoms with van der Waals surface area (Å²) in [5.41, 5.74) is 2.98. The van der Waals surface area contributed by atoms with Crippen LogP contribution in [0.1, 0.15) is 30.4 Å². The van der Waals surface area contributed by atoms with Crippen molar-refractivity contribution < 1.29 is 9.59 Å². The van der Waals surface area contributed by atoms with Crippen LogP contribution in [-0.2, 0) is 11.2 Å². The maximum absolute atomic E-state index is 12.4. The van der Waals surface area contributed by atoms with Gasteiger partial charge in [-0.15, -0.1) is 0 Å². The molecule has 0 bridgehead atoms. The minimum Gasteiger partial charge on any atom is -0.354 e. The van der Waals surface area contributed by atoms with Gasteiger partial charge >= 0.3 is 6.03 Å². The number of halogens is 1. The Morgan fingerprint density at radius 2 is 1.85 bits per heavy atom. The lowest BCUT2D eigenvalue weighted by molar-refractivity contribution is -0.123. The van der Waals surface area contributed by atoms with Crippen molar-refractivity contribution in [3.63, 3.8) is 0 Å². The molecular formula is C20H22ClN3O2. The third-order valence-electron chi connectivity index (χ3n) is 4.64. The molecule has 3 amide bonds. The predicted molar refractivity (Wildman–Crippen MR) is 104 cm³/mol. The Balaban J connectivity index is 1.69. The number of benzene rings is 2. The van der Waals surface area contributed by atoms with E-state index in [0.29, 0.717) is 23.7 Å². The van der Waals surface area contributed by atoms with Crippen LogP contribution in [0, 0.1) is 0 Å². The first-order valence-electron chi connectivity index (χ1n) is 8.73. The molecular weight excluding hydrogens is 350 g/mol. The lowest BCUT2D eigenvalue weighted by Gasteiger charge is -2.32. The lowest BCUT2D eigenvalue weighted by Crippen LogP contribution is -2.52. The highest BCUT2D eigenvalue weighted by Crippen LogP contribution is 2.27. The van der Waals surface area contributed by atoms with Crippen LogP contribution >= 0.6 is 11.6 Å². The Morgan fingerprint density at radius 3 is 2.50 bits per heavy atom. The van der Waals surface area contributed by atoms with Crippen LogP contribution in [0.4, 0.5) is 10.5 Å². The molecule has 0 saturated carbocycles. The van der Waals surface area contributed by atoms with Crippen molar-refractivity contribution in [2.45, 2.75) is 31.7 Å². The van der Waals surface area contributed by atoms with E-state index in [1.165, 1.54) is 5.56 Å². The highest BCUT2D eigenvalue weighted by atomic mass is 35.5. The van der Waals surface area contributed by atoms with Gasteiger partial charge in [-0.05, 0) is 41.8 Å². The van der Waals surface area contributed by atoms with Gasteiger partial charge in [0.1, 0.15) is 0 Å². The fraction of sp³-hybridized carbons (Fsp3) is 0.300. The van der Waals surface area contributed by atoms with Crippen molar-refractivity contribution in [3.05, 3.63) is 64.7 Å². The van der Waals surface area contributed by atoms with Gasteiger partial charge in [0.15, 0.2) is 0 Å². The average molecular weight is 372 g/mol. The van der Waals surface area contributed by atoms with Crippen LogP contribution in [0.3, 0.4) is 0 Å². The molecule has 136 valence electrons. The summed E-state index contributed by atoms with van der Waals surface area (Å²) in [5.74, 6) is -0.0450. The Hall–Kier alpha value is -2.53. The zero-order chi connectivity index (χ0) is 18.5. The van der Waals surface area contributed by atoms with E-state index in [4.69, 9.17) is 11.6 Å². The number of urea groups is 1. The third kappa shape index (κ3) is 4.55. The molecule has 0 aromatic heterocycles. The van der Waals surface area contributed by atoms with E-state index in [0.717, 1.165) is 12.0 Å². The first-order chi connectivity index (χ1) is 12.5. The van der Waals surface area contributed by atoms with Gasteiger partial charge in [0, 0.05) is 29.6 Å². The van der Waals surface area contributed by atoms with E-state index in [-0.39, 0.29) is 23.9 Å². The summed E-state index contributed by atoms with van der Waals surface area (Å²) in [6.07, 6.45) is 1.33. The molecule has 0 radical (unpaired) electrons. The number of nitrogens with one attached hydrogen (secondary N) is 3. The minimum absolute atomic E-state index is 0.00530. The topological polar surface area (TPSA) is 70.2 Å². The lowest BCUT2D eigenvalue weighted by atomic mass is 9.85. The fourth-order valence-corrected chi connectivity index (χ4v) is 3.28. The van der Waals surface area contributed by atoms with Crippen LogP contribution in [-0.4, -0.2) is 24.5 Å². The van der Waals surface area contributed by atoms with E-state index in [9.17, 15) is 9.59 Å². The van der Waals surface area contributed by atoms with Crippen LogP contribution in [0.25, 0.3) is 0 Å². The Kier molecular flexibility index (Phi) is 5.78. The van der Waals surface area contributed by atoms with Crippen LogP contribution < -0.4 is 16.0 Å². The largest absolute Gasteiger partial charge is 0.354 e. The molecule has 1 heterocycles. The van der Waals surface area contributed by atoms with E-state index in [1.54, 1.807) is 24.3 Å². The highest BCUT2D eigenvalue weighted by molar-refractivity contribution is 6.30. The van der Waals surface area contributed by atoms with Crippen molar-refractivity contribution in [2.24, 2.45) is 0 Å². The molecule has 1 saturated heterocycles. The van der Waals surface area contributed by atoms with E-state index in [2.05, 4.69) is 35.0 Å².